The first kappa shape index (κ1) is 14.7. The van der Waals surface area contributed by atoms with E-state index in [2.05, 4.69) is 22.1 Å². The van der Waals surface area contributed by atoms with Gasteiger partial charge >= 0.3 is 0 Å². The minimum atomic E-state index is -0.574. The summed E-state index contributed by atoms with van der Waals surface area (Å²) in [6.45, 7) is -0.0340. The number of hydrogen-bond acceptors (Lipinski definition) is 3. The summed E-state index contributed by atoms with van der Waals surface area (Å²) >= 11 is 0. The number of aliphatic hydroxyl groups excluding tert-OH is 1. The average Bonchev–Trinajstić information content (AvgIpc) is 2.51. The molecule has 0 aliphatic carbocycles. The highest BCUT2D eigenvalue weighted by Crippen LogP contribution is 2.16. The Morgan fingerprint density at radius 3 is 2.86 bits per heavy atom. The Labute approximate surface area is 121 Å². The van der Waals surface area contributed by atoms with Crippen LogP contribution < -0.4 is 5.32 Å². The number of aromatic nitrogens is 1. The summed E-state index contributed by atoms with van der Waals surface area (Å²) in [7, 11) is 0. The van der Waals surface area contributed by atoms with Gasteiger partial charge in [-0.25, -0.2) is 4.39 Å². The van der Waals surface area contributed by atoms with E-state index in [1.54, 1.807) is 24.3 Å². The van der Waals surface area contributed by atoms with Gasteiger partial charge in [0, 0.05) is 18.2 Å². The summed E-state index contributed by atoms with van der Waals surface area (Å²) in [4.78, 5) is 15.8. The second-order valence-corrected chi connectivity index (χ2v) is 4.14. The van der Waals surface area contributed by atoms with Crippen LogP contribution in [0.4, 0.5) is 10.1 Å². The second kappa shape index (κ2) is 7.17. The molecule has 1 aromatic carbocycles. The zero-order chi connectivity index (χ0) is 15.1. The van der Waals surface area contributed by atoms with Crippen molar-refractivity contribution in [3.63, 3.8) is 0 Å². The van der Waals surface area contributed by atoms with Crippen LogP contribution in [0, 0.1) is 17.7 Å². The van der Waals surface area contributed by atoms with Crippen molar-refractivity contribution in [3.8, 4) is 11.8 Å². The third kappa shape index (κ3) is 4.13. The first-order valence-corrected chi connectivity index (χ1v) is 6.32. The molecule has 0 saturated carbocycles. The summed E-state index contributed by atoms with van der Waals surface area (Å²) in [5.41, 5.74) is 0.763. The summed E-state index contributed by atoms with van der Waals surface area (Å²) in [5, 5.41) is 11.1. The van der Waals surface area contributed by atoms with E-state index in [1.807, 2.05) is 0 Å². The number of anilines is 1. The van der Waals surface area contributed by atoms with Crippen LogP contribution >= 0.6 is 0 Å². The smallest absolute Gasteiger partial charge is 0.274 e. The van der Waals surface area contributed by atoms with Gasteiger partial charge in [0.1, 0.15) is 11.5 Å². The molecule has 21 heavy (non-hydrogen) atoms. The van der Waals surface area contributed by atoms with Crippen molar-refractivity contribution in [2.75, 3.05) is 11.9 Å². The van der Waals surface area contributed by atoms with Crippen LogP contribution in [0.15, 0.2) is 42.6 Å². The van der Waals surface area contributed by atoms with E-state index in [4.69, 9.17) is 5.11 Å². The highest BCUT2D eigenvalue weighted by Gasteiger charge is 2.10. The SMILES string of the molecule is O=C(Nc1ccc(C#CCCO)cc1F)c1ccccn1. The molecule has 0 spiro atoms. The molecule has 106 valence electrons. The molecule has 2 aromatic rings. The predicted molar refractivity (Wildman–Crippen MR) is 77.2 cm³/mol. The molecule has 2 N–H and O–H groups in total. The van der Waals surface area contributed by atoms with Crippen molar-refractivity contribution in [1.82, 2.24) is 4.98 Å². The fourth-order valence-electron chi connectivity index (χ4n) is 1.60. The molecule has 4 nitrogen and oxygen atoms in total. The maximum Gasteiger partial charge on any atom is 0.274 e. The van der Waals surface area contributed by atoms with Crippen molar-refractivity contribution in [1.29, 1.82) is 0 Å². The van der Waals surface area contributed by atoms with Gasteiger partial charge in [-0.1, -0.05) is 17.9 Å². The lowest BCUT2D eigenvalue weighted by Gasteiger charge is -2.06. The summed E-state index contributed by atoms with van der Waals surface area (Å²) in [6.07, 6.45) is 1.82. The Morgan fingerprint density at radius 2 is 2.19 bits per heavy atom. The van der Waals surface area contributed by atoms with Crippen molar-refractivity contribution >= 4 is 11.6 Å². The molecule has 0 radical (unpaired) electrons. The number of rotatable bonds is 3. The molecule has 1 amide bonds. The zero-order valence-electron chi connectivity index (χ0n) is 11.1. The van der Waals surface area contributed by atoms with E-state index < -0.39 is 11.7 Å². The molecule has 0 unspecified atom stereocenters. The van der Waals surface area contributed by atoms with Crippen LogP contribution in [-0.4, -0.2) is 22.6 Å². The number of nitrogens with zero attached hydrogens (tertiary/aromatic N) is 1. The number of carbonyl (C=O) groups excluding carboxylic acids is 1. The third-order valence-electron chi connectivity index (χ3n) is 2.58. The van der Waals surface area contributed by atoms with Crippen molar-refractivity contribution in [2.24, 2.45) is 0 Å². The molecule has 0 saturated heterocycles. The van der Waals surface area contributed by atoms with Gasteiger partial charge in [-0.3, -0.25) is 9.78 Å². The quantitative estimate of drug-likeness (QED) is 0.849. The van der Waals surface area contributed by atoms with Crippen molar-refractivity contribution in [3.05, 3.63) is 59.7 Å². The van der Waals surface area contributed by atoms with Crippen LogP contribution in [0.3, 0.4) is 0 Å². The Kier molecular flexibility index (Phi) is 5.02. The minimum Gasteiger partial charge on any atom is -0.395 e. The summed E-state index contributed by atoms with van der Waals surface area (Å²) in [5.74, 6) is 4.37. The first-order valence-electron chi connectivity index (χ1n) is 6.32. The van der Waals surface area contributed by atoms with Gasteiger partial charge in [0.05, 0.1) is 12.3 Å². The molecule has 1 aromatic heterocycles. The average molecular weight is 284 g/mol. The highest BCUT2D eigenvalue weighted by atomic mass is 19.1. The van der Waals surface area contributed by atoms with Gasteiger partial charge in [0.15, 0.2) is 0 Å². The topological polar surface area (TPSA) is 62.2 Å². The van der Waals surface area contributed by atoms with Crippen LogP contribution in [0.2, 0.25) is 0 Å². The third-order valence-corrected chi connectivity index (χ3v) is 2.58. The Morgan fingerprint density at radius 1 is 1.33 bits per heavy atom. The number of pyridine rings is 1. The molecule has 2 rings (SSSR count). The maximum atomic E-state index is 13.9. The highest BCUT2D eigenvalue weighted by molar-refractivity contribution is 6.02. The standard InChI is InChI=1S/C16H13FN2O2/c17-13-11-12(5-2-4-10-20)7-8-14(13)19-16(21)15-6-1-3-9-18-15/h1,3,6-9,11,20H,4,10H2,(H,19,21). The van der Waals surface area contributed by atoms with Crippen LogP contribution in [0.1, 0.15) is 22.5 Å². The molecular formula is C16H13FN2O2. The van der Waals surface area contributed by atoms with E-state index in [9.17, 15) is 9.18 Å². The number of hydrogen-bond donors (Lipinski definition) is 2. The van der Waals surface area contributed by atoms with Crippen LogP contribution in [0.5, 0.6) is 0 Å². The number of benzene rings is 1. The number of nitrogens with one attached hydrogen (secondary N) is 1. The van der Waals surface area contributed by atoms with E-state index in [1.165, 1.54) is 18.3 Å². The lowest BCUT2D eigenvalue weighted by atomic mass is 10.2. The van der Waals surface area contributed by atoms with Crippen LogP contribution in [0.25, 0.3) is 0 Å². The Bertz CT molecular complexity index is 690. The van der Waals surface area contributed by atoms with Gasteiger partial charge in [0.2, 0.25) is 0 Å². The lowest BCUT2D eigenvalue weighted by Crippen LogP contribution is -2.14. The van der Waals surface area contributed by atoms with Gasteiger partial charge in [-0.2, -0.15) is 0 Å². The number of halogens is 1. The van der Waals surface area contributed by atoms with Gasteiger partial charge in [-0.05, 0) is 30.3 Å². The fraction of sp³-hybridized carbons (Fsp3) is 0.125. The second-order valence-electron chi connectivity index (χ2n) is 4.14. The molecule has 0 atom stereocenters. The Hall–Kier alpha value is -2.71. The molecule has 0 aliphatic heterocycles. The molecule has 0 bridgehead atoms. The summed E-state index contributed by atoms with van der Waals surface area (Å²) < 4.78 is 13.9. The molecule has 0 fully saturated rings. The fourth-order valence-corrected chi connectivity index (χ4v) is 1.60. The Balaban J connectivity index is 2.12. The predicted octanol–water partition coefficient (Wildman–Crippen LogP) is 2.21. The first-order chi connectivity index (χ1) is 10.2. The van der Waals surface area contributed by atoms with E-state index in [0.717, 1.165) is 0 Å². The van der Waals surface area contributed by atoms with Gasteiger partial charge in [-0.15, -0.1) is 0 Å². The van der Waals surface area contributed by atoms with Gasteiger partial charge < -0.3 is 10.4 Å². The minimum absolute atomic E-state index is 0.0340. The monoisotopic (exact) mass is 284 g/mol. The molecule has 0 aliphatic rings. The lowest BCUT2D eigenvalue weighted by molar-refractivity contribution is 0.102. The number of amides is 1. The number of aliphatic hydroxyl groups is 1. The number of carbonyl (C=O) groups is 1. The zero-order valence-corrected chi connectivity index (χ0v) is 11.1. The van der Waals surface area contributed by atoms with Gasteiger partial charge in [0.25, 0.3) is 5.91 Å². The molecular weight excluding hydrogens is 271 g/mol. The van der Waals surface area contributed by atoms with Crippen molar-refractivity contribution in [2.45, 2.75) is 6.42 Å². The largest absolute Gasteiger partial charge is 0.395 e. The van der Waals surface area contributed by atoms with E-state index in [0.29, 0.717) is 12.0 Å². The van der Waals surface area contributed by atoms with E-state index >= 15 is 0 Å². The normalized spacial score (nSPS) is 9.62. The molecule has 5 heteroatoms. The molecule has 1 heterocycles. The summed E-state index contributed by atoms with van der Waals surface area (Å²) in [6, 6.07) is 9.19. The maximum absolute atomic E-state index is 13.9. The van der Waals surface area contributed by atoms with Crippen molar-refractivity contribution < 1.29 is 14.3 Å². The van der Waals surface area contributed by atoms with Crippen LogP contribution in [-0.2, 0) is 0 Å². The van der Waals surface area contributed by atoms with E-state index in [-0.39, 0.29) is 18.0 Å².